The van der Waals surface area contributed by atoms with Crippen LogP contribution in [0.15, 0.2) is 95.9 Å². The number of nitrogens with zero attached hydrogens (tertiary/aromatic N) is 2. The Morgan fingerprint density at radius 1 is 0.952 bits per heavy atom. The van der Waals surface area contributed by atoms with Gasteiger partial charge in [0.2, 0.25) is 5.95 Å². The highest BCUT2D eigenvalue weighted by molar-refractivity contribution is 7.22. The molecule has 3 N–H and O–H groups in total. The Labute approximate surface area is 243 Å². The minimum atomic E-state index is -0.621. The van der Waals surface area contributed by atoms with Crippen molar-refractivity contribution < 1.29 is 13.9 Å². The molecule has 3 aromatic heterocycles. The van der Waals surface area contributed by atoms with E-state index in [4.69, 9.17) is 4.74 Å². The highest BCUT2D eigenvalue weighted by Gasteiger charge is 2.16. The fourth-order valence-corrected chi connectivity index (χ4v) is 5.64. The van der Waals surface area contributed by atoms with Crippen LogP contribution in [0, 0.1) is 12.7 Å². The zero-order chi connectivity index (χ0) is 29.2. The quantitative estimate of drug-likeness (QED) is 0.188. The van der Waals surface area contributed by atoms with Gasteiger partial charge in [-0.15, -0.1) is 11.3 Å². The highest BCUT2D eigenvalue weighted by atomic mass is 32.1. The molecule has 0 aliphatic heterocycles. The zero-order valence-electron chi connectivity index (χ0n) is 22.6. The number of anilines is 2. The second-order valence-electron chi connectivity index (χ2n) is 9.40. The lowest BCUT2D eigenvalue weighted by Gasteiger charge is -2.11. The summed E-state index contributed by atoms with van der Waals surface area (Å²) in [6.07, 6.45) is 1.61. The van der Waals surface area contributed by atoms with Gasteiger partial charge in [0.1, 0.15) is 5.75 Å². The number of carbonyl (C=O) groups excluding carboxylic acids is 1. The molecule has 208 valence electrons. The zero-order valence-corrected chi connectivity index (χ0v) is 23.4. The summed E-state index contributed by atoms with van der Waals surface area (Å²) < 4.78 is 22.1. The summed E-state index contributed by atoms with van der Waals surface area (Å²) in [6.45, 7) is 1.71. The molecule has 8 nitrogen and oxygen atoms in total. The van der Waals surface area contributed by atoms with Gasteiger partial charge >= 0.3 is 0 Å². The van der Waals surface area contributed by atoms with Crippen molar-refractivity contribution in [3.8, 4) is 33.1 Å². The number of hydrogen-bond acceptors (Lipinski definition) is 7. The summed E-state index contributed by atoms with van der Waals surface area (Å²) in [5, 5.41) is 5.68. The minimum Gasteiger partial charge on any atom is -0.453 e. The number of benzene rings is 3. The Morgan fingerprint density at radius 2 is 1.71 bits per heavy atom. The van der Waals surface area contributed by atoms with Crippen LogP contribution in [0.3, 0.4) is 0 Å². The molecule has 3 aromatic carbocycles. The number of thiophene rings is 1. The number of H-pyrrole nitrogens is 1. The standard InChI is InChI=1S/C32H24FN5O3S/c1-18-28(31(40)38-32(36-18)37-22-6-4-3-5-7-22)21-12-13-25(23(33)16-21)41-26-14-15-35-24-17-27(42-29(24)26)19-8-10-20(11-9-19)30(39)34-2/h3-17H,1-2H3,(H,34,39)(H2,36,37,38,40). The number of rotatable bonds is 7. The molecular formula is C32H24FN5O3S. The van der Waals surface area contributed by atoms with Crippen LogP contribution >= 0.6 is 11.3 Å². The number of fused-ring (bicyclic) bond motifs is 1. The molecule has 0 radical (unpaired) electrons. The number of aryl methyl sites for hydroxylation is 1. The van der Waals surface area contributed by atoms with Crippen LogP contribution in [0.1, 0.15) is 16.1 Å². The van der Waals surface area contributed by atoms with Crippen molar-refractivity contribution >= 4 is 39.1 Å². The van der Waals surface area contributed by atoms with Crippen LogP contribution in [0.5, 0.6) is 11.5 Å². The SMILES string of the molecule is CNC(=O)c1ccc(-c2cc3nccc(Oc4ccc(-c5c(C)nc(Nc6ccccc6)[nH]c5=O)cc4F)c3s2)cc1. The van der Waals surface area contributed by atoms with Crippen molar-refractivity contribution in [2.45, 2.75) is 6.92 Å². The van der Waals surface area contributed by atoms with E-state index in [1.54, 1.807) is 44.4 Å². The number of ether oxygens (including phenoxy) is 1. The smallest absolute Gasteiger partial charge is 0.260 e. The largest absolute Gasteiger partial charge is 0.453 e. The Balaban J connectivity index is 1.26. The maximum Gasteiger partial charge on any atom is 0.260 e. The van der Waals surface area contributed by atoms with Crippen molar-refractivity contribution in [2.75, 3.05) is 12.4 Å². The van der Waals surface area contributed by atoms with Crippen molar-refractivity contribution in [2.24, 2.45) is 0 Å². The molecule has 0 spiro atoms. The summed E-state index contributed by atoms with van der Waals surface area (Å²) in [5.41, 5.74) is 3.70. The van der Waals surface area contributed by atoms with Crippen LogP contribution in [0.2, 0.25) is 0 Å². The molecular weight excluding hydrogens is 553 g/mol. The van der Waals surface area contributed by atoms with Crippen LogP contribution in [0.25, 0.3) is 31.8 Å². The Morgan fingerprint density at radius 3 is 2.43 bits per heavy atom. The van der Waals surface area contributed by atoms with E-state index in [0.717, 1.165) is 20.8 Å². The normalized spacial score (nSPS) is 10.9. The Kier molecular flexibility index (Phi) is 7.20. The van der Waals surface area contributed by atoms with Crippen LogP contribution in [-0.2, 0) is 0 Å². The molecule has 3 heterocycles. The third-order valence-corrected chi connectivity index (χ3v) is 7.80. The minimum absolute atomic E-state index is 0.0144. The van der Waals surface area contributed by atoms with Gasteiger partial charge in [-0.05, 0) is 60.5 Å². The predicted molar refractivity (Wildman–Crippen MR) is 163 cm³/mol. The first-order valence-corrected chi connectivity index (χ1v) is 13.8. The lowest BCUT2D eigenvalue weighted by Crippen LogP contribution is -2.17. The third kappa shape index (κ3) is 5.35. The maximum atomic E-state index is 15.3. The van der Waals surface area contributed by atoms with Gasteiger partial charge in [-0.3, -0.25) is 19.6 Å². The number of amides is 1. The molecule has 6 aromatic rings. The first kappa shape index (κ1) is 26.9. The number of aromatic amines is 1. The topological polar surface area (TPSA) is 109 Å². The third-order valence-electron chi connectivity index (χ3n) is 6.61. The highest BCUT2D eigenvalue weighted by Crippen LogP contribution is 2.40. The Hall–Kier alpha value is -5.35. The molecule has 10 heteroatoms. The van der Waals surface area contributed by atoms with Gasteiger partial charge < -0.3 is 15.4 Å². The summed E-state index contributed by atoms with van der Waals surface area (Å²) >= 11 is 1.46. The first-order valence-electron chi connectivity index (χ1n) is 13.0. The van der Waals surface area contributed by atoms with E-state index in [-0.39, 0.29) is 22.8 Å². The van der Waals surface area contributed by atoms with E-state index < -0.39 is 5.82 Å². The Bertz CT molecular complexity index is 1990. The second kappa shape index (κ2) is 11.3. The lowest BCUT2D eigenvalue weighted by molar-refractivity contribution is 0.0963. The second-order valence-corrected chi connectivity index (χ2v) is 10.5. The van der Waals surface area contributed by atoms with E-state index in [1.807, 2.05) is 48.5 Å². The lowest BCUT2D eigenvalue weighted by atomic mass is 10.1. The number of para-hydroxylation sites is 1. The summed E-state index contributed by atoms with van der Waals surface area (Å²) in [4.78, 5) is 37.4. The number of nitrogens with one attached hydrogen (secondary N) is 3. The van der Waals surface area contributed by atoms with Crippen molar-refractivity contribution in [1.82, 2.24) is 20.3 Å². The van der Waals surface area contributed by atoms with Crippen LogP contribution in [0.4, 0.5) is 16.0 Å². The molecule has 42 heavy (non-hydrogen) atoms. The van der Waals surface area contributed by atoms with E-state index >= 15 is 4.39 Å². The van der Waals surface area contributed by atoms with Crippen LogP contribution < -0.4 is 20.9 Å². The van der Waals surface area contributed by atoms with Crippen molar-refractivity contribution in [3.05, 3.63) is 119 Å². The number of aromatic nitrogens is 3. The molecule has 0 unspecified atom stereocenters. The number of carbonyl (C=O) groups is 1. The summed E-state index contributed by atoms with van der Waals surface area (Å²) in [7, 11) is 1.59. The van der Waals surface area contributed by atoms with Gasteiger partial charge in [-0.1, -0.05) is 36.4 Å². The van der Waals surface area contributed by atoms with Gasteiger partial charge in [-0.2, -0.15) is 0 Å². The van der Waals surface area contributed by atoms with Gasteiger partial charge in [0, 0.05) is 35.4 Å². The number of pyridine rings is 1. The van der Waals surface area contributed by atoms with E-state index in [2.05, 4.69) is 25.6 Å². The monoisotopic (exact) mass is 577 g/mol. The molecule has 0 bridgehead atoms. The predicted octanol–water partition coefficient (Wildman–Crippen LogP) is 7.06. The van der Waals surface area contributed by atoms with E-state index in [9.17, 15) is 9.59 Å². The molecule has 0 atom stereocenters. The van der Waals surface area contributed by atoms with Gasteiger partial charge in [0.05, 0.1) is 21.5 Å². The van der Waals surface area contributed by atoms with Crippen molar-refractivity contribution in [1.29, 1.82) is 0 Å². The molecule has 0 aliphatic rings. The summed E-state index contributed by atoms with van der Waals surface area (Å²) in [5.74, 6) is -0.00883. The molecule has 6 rings (SSSR count). The van der Waals surface area contributed by atoms with Gasteiger partial charge in [0.15, 0.2) is 11.6 Å². The first-order chi connectivity index (χ1) is 20.4. The maximum absolute atomic E-state index is 15.3. The van der Waals surface area contributed by atoms with Gasteiger partial charge in [-0.25, -0.2) is 9.37 Å². The average Bonchev–Trinajstić information content (AvgIpc) is 3.44. The molecule has 0 saturated carbocycles. The molecule has 0 aliphatic carbocycles. The van der Waals surface area contributed by atoms with Gasteiger partial charge in [0.25, 0.3) is 11.5 Å². The van der Waals surface area contributed by atoms with E-state index in [1.165, 1.54) is 23.5 Å². The van der Waals surface area contributed by atoms with Crippen molar-refractivity contribution in [3.63, 3.8) is 0 Å². The summed E-state index contributed by atoms with van der Waals surface area (Å²) in [6, 6.07) is 24.6. The molecule has 1 amide bonds. The average molecular weight is 578 g/mol. The molecule has 0 saturated heterocycles. The number of hydrogen-bond donors (Lipinski definition) is 3. The fraction of sp³-hybridized carbons (Fsp3) is 0.0625. The van der Waals surface area contributed by atoms with E-state index in [0.29, 0.717) is 34.0 Å². The number of halogens is 1. The fourth-order valence-electron chi connectivity index (χ4n) is 4.57. The molecule has 0 fully saturated rings. The van der Waals surface area contributed by atoms with Crippen LogP contribution in [-0.4, -0.2) is 27.9 Å².